The fourth-order valence-corrected chi connectivity index (χ4v) is 3.56. The Labute approximate surface area is 113 Å². The number of nitrogens with one attached hydrogen (secondary N) is 1. The van der Waals surface area contributed by atoms with Gasteiger partial charge in [0.25, 0.3) is 0 Å². The van der Waals surface area contributed by atoms with Crippen LogP contribution in [0, 0.1) is 0 Å². The third-order valence-corrected chi connectivity index (χ3v) is 4.60. The molecular formula is C14H22N2OS. The number of carbonyl (C=O) groups excluding carboxylic acids is 1. The van der Waals surface area contributed by atoms with Crippen LogP contribution in [0.3, 0.4) is 0 Å². The first-order chi connectivity index (χ1) is 8.79. The standard InChI is InChI=1S/C14H22N2OS/c15-8-3-1-2-7-14(17)16-10-12-9-11-5-4-6-13(11)18-12/h9H,1-8,10,15H2,(H,16,17). The van der Waals surface area contributed by atoms with Crippen molar-refractivity contribution in [3.63, 3.8) is 0 Å². The van der Waals surface area contributed by atoms with Gasteiger partial charge in [0.1, 0.15) is 0 Å². The highest BCUT2D eigenvalue weighted by Crippen LogP contribution is 2.30. The fourth-order valence-electron chi connectivity index (χ4n) is 2.36. The number of aryl methyl sites for hydroxylation is 2. The lowest BCUT2D eigenvalue weighted by Gasteiger charge is -2.03. The second kappa shape index (κ2) is 6.90. The first-order valence-corrected chi connectivity index (χ1v) is 7.68. The van der Waals surface area contributed by atoms with Crippen LogP contribution >= 0.6 is 11.3 Å². The summed E-state index contributed by atoms with van der Waals surface area (Å²) < 4.78 is 0. The van der Waals surface area contributed by atoms with Gasteiger partial charge < -0.3 is 11.1 Å². The van der Waals surface area contributed by atoms with Crippen molar-refractivity contribution >= 4 is 17.2 Å². The van der Waals surface area contributed by atoms with Crippen LogP contribution in [-0.2, 0) is 24.2 Å². The SMILES string of the molecule is NCCCCCC(=O)NCc1cc2c(s1)CCC2. The predicted octanol–water partition coefficient (Wildman–Crippen LogP) is 2.37. The summed E-state index contributed by atoms with van der Waals surface area (Å²) >= 11 is 1.86. The highest BCUT2D eigenvalue weighted by Gasteiger charge is 2.14. The van der Waals surface area contributed by atoms with Gasteiger partial charge in [-0.3, -0.25) is 4.79 Å². The van der Waals surface area contributed by atoms with E-state index in [9.17, 15) is 4.79 Å². The minimum absolute atomic E-state index is 0.167. The van der Waals surface area contributed by atoms with Crippen molar-refractivity contribution in [2.24, 2.45) is 5.73 Å². The molecule has 0 unspecified atom stereocenters. The largest absolute Gasteiger partial charge is 0.351 e. The monoisotopic (exact) mass is 266 g/mol. The van der Waals surface area contributed by atoms with E-state index in [4.69, 9.17) is 5.73 Å². The summed E-state index contributed by atoms with van der Waals surface area (Å²) in [7, 11) is 0. The maximum atomic E-state index is 11.6. The number of unbranched alkanes of at least 4 members (excludes halogenated alkanes) is 2. The minimum Gasteiger partial charge on any atom is -0.351 e. The van der Waals surface area contributed by atoms with Gasteiger partial charge in [-0.15, -0.1) is 11.3 Å². The molecule has 0 saturated heterocycles. The molecule has 3 N–H and O–H groups in total. The molecule has 0 spiro atoms. The third-order valence-electron chi connectivity index (χ3n) is 3.37. The van der Waals surface area contributed by atoms with Gasteiger partial charge in [0, 0.05) is 16.2 Å². The summed E-state index contributed by atoms with van der Waals surface area (Å²) in [5.74, 6) is 0.167. The highest BCUT2D eigenvalue weighted by molar-refractivity contribution is 7.12. The van der Waals surface area contributed by atoms with E-state index in [0.29, 0.717) is 13.0 Å². The van der Waals surface area contributed by atoms with E-state index in [0.717, 1.165) is 25.8 Å². The lowest BCUT2D eigenvalue weighted by molar-refractivity contribution is -0.121. The Balaban J connectivity index is 1.66. The molecule has 0 fully saturated rings. The van der Waals surface area contributed by atoms with Gasteiger partial charge in [-0.2, -0.15) is 0 Å². The first-order valence-electron chi connectivity index (χ1n) is 6.87. The number of carbonyl (C=O) groups is 1. The van der Waals surface area contributed by atoms with Gasteiger partial charge in [0.2, 0.25) is 5.91 Å². The zero-order valence-corrected chi connectivity index (χ0v) is 11.7. The van der Waals surface area contributed by atoms with Gasteiger partial charge in [-0.1, -0.05) is 6.42 Å². The van der Waals surface area contributed by atoms with E-state index < -0.39 is 0 Å². The number of hydrogen-bond acceptors (Lipinski definition) is 3. The Morgan fingerprint density at radius 1 is 1.33 bits per heavy atom. The zero-order valence-electron chi connectivity index (χ0n) is 10.8. The van der Waals surface area contributed by atoms with Gasteiger partial charge in [0.05, 0.1) is 6.54 Å². The predicted molar refractivity (Wildman–Crippen MR) is 75.7 cm³/mol. The molecule has 3 nitrogen and oxygen atoms in total. The molecule has 0 atom stereocenters. The summed E-state index contributed by atoms with van der Waals surface area (Å²) in [6.45, 7) is 1.43. The Morgan fingerprint density at radius 2 is 2.22 bits per heavy atom. The van der Waals surface area contributed by atoms with Gasteiger partial charge >= 0.3 is 0 Å². The zero-order chi connectivity index (χ0) is 12.8. The van der Waals surface area contributed by atoms with E-state index in [-0.39, 0.29) is 5.91 Å². The molecule has 18 heavy (non-hydrogen) atoms. The summed E-state index contributed by atoms with van der Waals surface area (Å²) in [6.07, 6.45) is 7.40. The molecule has 0 bridgehead atoms. The van der Waals surface area contributed by atoms with E-state index in [1.165, 1.54) is 34.6 Å². The molecular weight excluding hydrogens is 244 g/mol. The molecule has 1 aromatic rings. The molecule has 0 saturated carbocycles. The molecule has 4 heteroatoms. The molecule has 1 heterocycles. The van der Waals surface area contributed by atoms with Crippen molar-refractivity contribution in [2.45, 2.75) is 51.5 Å². The summed E-state index contributed by atoms with van der Waals surface area (Å²) in [6, 6.07) is 2.27. The van der Waals surface area contributed by atoms with E-state index >= 15 is 0 Å². The summed E-state index contributed by atoms with van der Waals surface area (Å²) in [5, 5.41) is 3.00. The third kappa shape index (κ3) is 3.82. The molecule has 2 rings (SSSR count). The van der Waals surface area contributed by atoms with Crippen LogP contribution in [-0.4, -0.2) is 12.5 Å². The number of fused-ring (bicyclic) bond motifs is 1. The average Bonchev–Trinajstić information content (AvgIpc) is 2.92. The lowest BCUT2D eigenvalue weighted by atomic mass is 10.2. The maximum absolute atomic E-state index is 11.6. The second-order valence-electron chi connectivity index (χ2n) is 4.89. The van der Waals surface area contributed by atoms with Crippen LogP contribution < -0.4 is 11.1 Å². The van der Waals surface area contributed by atoms with Crippen molar-refractivity contribution < 1.29 is 4.79 Å². The quantitative estimate of drug-likeness (QED) is 0.744. The number of hydrogen-bond donors (Lipinski definition) is 2. The average molecular weight is 266 g/mol. The molecule has 100 valence electrons. The Kier molecular flexibility index (Phi) is 5.20. The number of nitrogens with two attached hydrogens (primary N) is 1. The van der Waals surface area contributed by atoms with Gasteiger partial charge in [-0.05, 0) is 50.3 Å². The summed E-state index contributed by atoms with van der Waals surface area (Å²) in [5.41, 5.74) is 6.92. The van der Waals surface area contributed by atoms with Crippen molar-refractivity contribution in [1.82, 2.24) is 5.32 Å². The Bertz CT molecular complexity index is 379. The number of thiophene rings is 1. The highest BCUT2D eigenvalue weighted by atomic mass is 32.1. The van der Waals surface area contributed by atoms with E-state index in [1.54, 1.807) is 0 Å². The number of amides is 1. The molecule has 1 amide bonds. The molecule has 0 radical (unpaired) electrons. The van der Waals surface area contributed by atoms with Crippen molar-refractivity contribution in [1.29, 1.82) is 0 Å². The van der Waals surface area contributed by atoms with Crippen LogP contribution in [0.25, 0.3) is 0 Å². The molecule has 1 aliphatic rings. The molecule has 0 aromatic carbocycles. The fraction of sp³-hybridized carbons (Fsp3) is 0.643. The smallest absolute Gasteiger partial charge is 0.220 e. The van der Waals surface area contributed by atoms with Crippen molar-refractivity contribution in [3.05, 3.63) is 21.4 Å². The van der Waals surface area contributed by atoms with Crippen LogP contribution in [0.1, 0.15) is 47.4 Å². The van der Waals surface area contributed by atoms with Crippen LogP contribution in [0.15, 0.2) is 6.07 Å². The van der Waals surface area contributed by atoms with Crippen molar-refractivity contribution in [2.75, 3.05) is 6.54 Å². The molecule has 1 aromatic heterocycles. The van der Waals surface area contributed by atoms with Gasteiger partial charge in [0.15, 0.2) is 0 Å². The first kappa shape index (κ1) is 13.6. The van der Waals surface area contributed by atoms with Crippen molar-refractivity contribution in [3.8, 4) is 0 Å². The van der Waals surface area contributed by atoms with E-state index in [1.807, 2.05) is 11.3 Å². The van der Waals surface area contributed by atoms with Gasteiger partial charge in [-0.25, -0.2) is 0 Å². The van der Waals surface area contributed by atoms with Crippen LogP contribution in [0.4, 0.5) is 0 Å². The Hall–Kier alpha value is -0.870. The maximum Gasteiger partial charge on any atom is 0.220 e. The second-order valence-corrected chi connectivity index (χ2v) is 6.11. The van der Waals surface area contributed by atoms with Crippen LogP contribution in [0.2, 0.25) is 0 Å². The Morgan fingerprint density at radius 3 is 3.00 bits per heavy atom. The normalized spacial score (nSPS) is 13.6. The van der Waals surface area contributed by atoms with E-state index in [2.05, 4.69) is 11.4 Å². The molecule has 0 aliphatic heterocycles. The topological polar surface area (TPSA) is 55.1 Å². The minimum atomic E-state index is 0.167. The summed E-state index contributed by atoms with van der Waals surface area (Å²) in [4.78, 5) is 14.4. The lowest BCUT2D eigenvalue weighted by Crippen LogP contribution is -2.21. The van der Waals surface area contributed by atoms with Crippen LogP contribution in [0.5, 0.6) is 0 Å². The number of rotatable bonds is 7. The molecule has 1 aliphatic carbocycles.